The third-order valence-electron chi connectivity index (χ3n) is 5.08. The van der Waals surface area contributed by atoms with Crippen LogP contribution in [0.5, 0.6) is 0 Å². The topological polar surface area (TPSA) is 55.1 Å². The van der Waals surface area contributed by atoms with E-state index in [1.807, 2.05) is 41.0 Å². The van der Waals surface area contributed by atoms with Crippen LogP contribution in [0.3, 0.4) is 0 Å². The van der Waals surface area contributed by atoms with E-state index in [9.17, 15) is 0 Å². The first kappa shape index (κ1) is 16.0. The zero-order valence-electron chi connectivity index (χ0n) is 15.2. The maximum absolute atomic E-state index is 4.77. The van der Waals surface area contributed by atoms with Crippen LogP contribution in [0.1, 0.15) is 30.1 Å². The van der Waals surface area contributed by atoms with Crippen molar-refractivity contribution in [1.29, 1.82) is 0 Å². The molecule has 27 heavy (non-hydrogen) atoms. The Morgan fingerprint density at radius 2 is 1.89 bits per heavy atom. The van der Waals surface area contributed by atoms with Gasteiger partial charge in [-0.3, -0.25) is 4.98 Å². The Hall–Kier alpha value is -3.21. The number of hydrogen-bond acceptors (Lipinski definition) is 4. The summed E-state index contributed by atoms with van der Waals surface area (Å²) in [6.45, 7) is 2.11. The van der Waals surface area contributed by atoms with Gasteiger partial charge < -0.3 is 5.32 Å². The summed E-state index contributed by atoms with van der Waals surface area (Å²) in [5, 5.41) is 8.19. The smallest absolute Gasteiger partial charge is 0.157 e. The minimum Gasteiger partial charge on any atom is -0.361 e. The molecule has 1 aliphatic rings. The summed E-state index contributed by atoms with van der Waals surface area (Å²) in [7, 11) is 0. The van der Waals surface area contributed by atoms with Crippen molar-refractivity contribution in [1.82, 2.24) is 19.6 Å². The summed E-state index contributed by atoms with van der Waals surface area (Å²) in [6.07, 6.45) is 6.14. The van der Waals surface area contributed by atoms with Gasteiger partial charge in [0.2, 0.25) is 0 Å². The molecule has 1 fully saturated rings. The quantitative estimate of drug-likeness (QED) is 0.565. The number of anilines is 1. The van der Waals surface area contributed by atoms with Gasteiger partial charge >= 0.3 is 0 Å². The monoisotopic (exact) mass is 355 g/mol. The Morgan fingerprint density at radius 1 is 1.04 bits per heavy atom. The van der Waals surface area contributed by atoms with Crippen LogP contribution in [0.25, 0.3) is 16.9 Å². The molecule has 1 aliphatic carbocycles. The fraction of sp³-hybridized carbons (Fsp3) is 0.227. The number of aromatic nitrogens is 4. The Morgan fingerprint density at radius 3 is 2.67 bits per heavy atom. The van der Waals surface area contributed by atoms with Crippen molar-refractivity contribution >= 4 is 11.5 Å². The molecule has 5 heteroatoms. The molecule has 0 aliphatic heterocycles. The van der Waals surface area contributed by atoms with Gasteiger partial charge in [0.1, 0.15) is 5.82 Å². The van der Waals surface area contributed by atoms with Crippen LogP contribution in [-0.4, -0.2) is 19.6 Å². The summed E-state index contributed by atoms with van der Waals surface area (Å²) >= 11 is 0. The largest absolute Gasteiger partial charge is 0.361 e. The van der Waals surface area contributed by atoms with Crippen molar-refractivity contribution in [2.24, 2.45) is 5.92 Å². The number of aryl methyl sites for hydroxylation is 1. The number of nitrogens with zero attached hydrogens (tertiary/aromatic N) is 4. The van der Waals surface area contributed by atoms with Crippen molar-refractivity contribution < 1.29 is 0 Å². The molecule has 1 N–H and O–H groups in total. The summed E-state index contributed by atoms with van der Waals surface area (Å²) in [4.78, 5) is 9.40. The molecular weight excluding hydrogens is 334 g/mol. The van der Waals surface area contributed by atoms with E-state index in [0.717, 1.165) is 28.4 Å². The maximum atomic E-state index is 4.77. The lowest BCUT2D eigenvalue weighted by atomic mass is 10.1. The van der Waals surface area contributed by atoms with Gasteiger partial charge in [0.25, 0.3) is 0 Å². The third-order valence-corrected chi connectivity index (χ3v) is 5.08. The SMILES string of the molecule is Cc1ccnc(C(Nc2cc(-c3ccccc3)nc3ccnn23)C2CC2)c1. The molecule has 1 aromatic carbocycles. The third kappa shape index (κ3) is 3.16. The molecular formula is C22H21N5. The van der Waals surface area contributed by atoms with Gasteiger partial charge in [0.15, 0.2) is 5.65 Å². The van der Waals surface area contributed by atoms with Gasteiger partial charge in [-0.2, -0.15) is 9.61 Å². The first-order valence-electron chi connectivity index (χ1n) is 9.37. The second-order valence-corrected chi connectivity index (χ2v) is 7.21. The van der Waals surface area contributed by atoms with Crippen LogP contribution in [0.15, 0.2) is 67.0 Å². The zero-order chi connectivity index (χ0) is 18.2. The molecule has 3 heterocycles. The summed E-state index contributed by atoms with van der Waals surface area (Å²) < 4.78 is 1.87. The molecule has 3 aromatic heterocycles. The predicted octanol–water partition coefficient (Wildman–Crippen LogP) is 4.66. The van der Waals surface area contributed by atoms with E-state index in [-0.39, 0.29) is 6.04 Å². The maximum Gasteiger partial charge on any atom is 0.157 e. The lowest BCUT2D eigenvalue weighted by molar-refractivity contribution is 0.650. The second kappa shape index (κ2) is 6.50. The van der Waals surface area contributed by atoms with Gasteiger partial charge in [-0.25, -0.2) is 4.98 Å². The molecule has 1 unspecified atom stereocenters. The molecule has 0 amide bonds. The van der Waals surface area contributed by atoms with Crippen molar-refractivity contribution in [3.8, 4) is 11.3 Å². The van der Waals surface area contributed by atoms with E-state index in [1.54, 1.807) is 6.20 Å². The van der Waals surface area contributed by atoms with Crippen LogP contribution in [0.4, 0.5) is 5.82 Å². The molecule has 4 aromatic rings. The standard InChI is InChI=1S/C22H21N5/c1-15-9-11-23-19(13-15)22(17-7-8-17)26-21-14-18(16-5-3-2-4-6-16)25-20-10-12-24-27(20)21/h2-6,9-14,17,22,26H,7-8H2,1H3. The normalized spacial score (nSPS) is 15.0. The molecule has 1 atom stereocenters. The van der Waals surface area contributed by atoms with E-state index in [2.05, 4.69) is 46.6 Å². The number of benzene rings is 1. The van der Waals surface area contributed by atoms with Crippen LogP contribution in [-0.2, 0) is 0 Å². The van der Waals surface area contributed by atoms with Crippen LogP contribution in [0.2, 0.25) is 0 Å². The van der Waals surface area contributed by atoms with Gasteiger partial charge in [0, 0.05) is 23.9 Å². The van der Waals surface area contributed by atoms with Gasteiger partial charge in [-0.1, -0.05) is 30.3 Å². The van der Waals surface area contributed by atoms with E-state index in [4.69, 9.17) is 4.98 Å². The summed E-state index contributed by atoms with van der Waals surface area (Å²) in [6, 6.07) is 18.7. The average molecular weight is 355 g/mol. The summed E-state index contributed by atoms with van der Waals surface area (Å²) in [5.41, 5.74) is 5.21. The number of pyridine rings is 1. The van der Waals surface area contributed by atoms with Crippen molar-refractivity contribution in [2.45, 2.75) is 25.8 Å². The van der Waals surface area contributed by atoms with E-state index in [1.165, 1.54) is 18.4 Å². The number of nitrogens with one attached hydrogen (secondary N) is 1. The zero-order valence-corrected chi connectivity index (χ0v) is 15.2. The minimum absolute atomic E-state index is 0.184. The lowest BCUT2D eigenvalue weighted by Gasteiger charge is -2.20. The van der Waals surface area contributed by atoms with Crippen molar-refractivity contribution in [3.05, 3.63) is 78.2 Å². The van der Waals surface area contributed by atoms with E-state index >= 15 is 0 Å². The predicted molar refractivity (Wildman–Crippen MR) is 106 cm³/mol. The van der Waals surface area contributed by atoms with Crippen molar-refractivity contribution in [3.63, 3.8) is 0 Å². The second-order valence-electron chi connectivity index (χ2n) is 7.21. The molecule has 0 bridgehead atoms. The first-order chi connectivity index (χ1) is 13.3. The fourth-order valence-corrected chi connectivity index (χ4v) is 3.52. The molecule has 1 saturated carbocycles. The molecule has 0 spiro atoms. The van der Waals surface area contributed by atoms with Crippen LogP contribution >= 0.6 is 0 Å². The van der Waals surface area contributed by atoms with E-state index < -0.39 is 0 Å². The van der Waals surface area contributed by atoms with Crippen LogP contribution in [0, 0.1) is 12.8 Å². The Bertz CT molecular complexity index is 1080. The highest BCUT2D eigenvalue weighted by Crippen LogP contribution is 2.42. The van der Waals surface area contributed by atoms with Gasteiger partial charge in [-0.15, -0.1) is 0 Å². The average Bonchev–Trinajstić information content (AvgIpc) is 3.42. The minimum atomic E-state index is 0.184. The molecule has 0 saturated heterocycles. The van der Waals surface area contributed by atoms with Crippen molar-refractivity contribution in [2.75, 3.05) is 5.32 Å². The Balaban J connectivity index is 1.58. The number of hydrogen-bond donors (Lipinski definition) is 1. The Kier molecular flexibility index (Phi) is 3.85. The fourth-order valence-electron chi connectivity index (χ4n) is 3.52. The first-order valence-corrected chi connectivity index (χ1v) is 9.37. The molecule has 134 valence electrons. The number of fused-ring (bicyclic) bond motifs is 1. The molecule has 5 rings (SSSR count). The highest BCUT2D eigenvalue weighted by atomic mass is 15.3. The van der Waals surface area contributed by atoms with Gasteiger partial charge in [0.05, 0.1) is 23.6 Å². The lowest BCUT2D eigenvalue weighted by Crippen LogP contribution is -2.17. The van der Waals surface area contributed by atoms with Gasteiger partial charge in [-0.05, 0) is 43.4 Å². The van der Waals surface area contributed by atoms with Crippen LogP contribution < -0.4 is 5.32 Å². The highest BCUT2D eigenvalue weighted by Gasteiger charge is 2.34. The van der Waals surface area contributed by atoms with E-state index in [0.29, 0.717) is 5.92 Å². The molecule has 5 nitrogen and oxygen atoms in total. The number of rotatable bonds is 5. The summed E-state index contributed by atoms with van der Waals surface area (Å²) in [5.74, 6) is 1.56. The highest BCUT2D eigenvalue weighted by molar-refractivity contribution is 5.66. The molecule has 0 radical (unpaired) electrons. The Labute approximate surface area is 158 Å².